The minimum Gasteiger partial charge on any atom is -0.304 e. The lowest BCUT2D eigenvalue weighted by Gasteiger charge is -2.30. The number of alkyl halides is 8. The third kappa shape index (κ3) is 4.68. The topological polar surface area (TPSA) is 54.4 Å². The third-order valence-electron chi connectivity index (χ3n) is 4.99. The Kier molecular flexibility index (Phi) is 6.24. The van der Waals surface area contributed by atoms with Gasteiger partial charge in [-0.2, -0.15) is 35.1 Å². The minimum absolute atomic E-state index is 0.149. The van der Waals surface area contributed by atoms with E-state index in [9.17, 15) is 31.1 Å². The molecule has 2 atom stereocenters. The van der Waals surface area contributed by atoms with Crippen molar-refractivity contribution in [3.05, 3.63) is 65.0 Å². The number of rotatable bonds is 4. The van der Waals surface area contributed by atoms with E-state index in [0.29, 0.717) is 12.3 Å². The number of halogens is 8. The van der Waals surface area contributed by atoms with Crippen LogP contribution in [0.4, 0.5) is 35.1 Å². The largest absolute Gasteiger partial charge is 0.433 e. The lowest BCUT2D eigenvalue weighted by Crippen LogP contribution is -2.47. The average molecular weight is 497 g/mol. The van der Waals surface area contributed by atoms with Gasteiger partial charge in [0.25, 0.3) is 5.92 Å². The van der Waals surface area contributed by atoms with Crippen LogP contribution in [0, 0.1) is 0 Å². The Morgan fingerprint density at radius 1 is 1.03 bits per heavy atom. The summed E-state index contributed by atoms with van der Waals surface area (Å²) in [6, 6.07) is 4.18. The summed E-state index contributed by atoms with van der Waals surface area (Å²) in [6.45, 7) is 2.11. The fraction of sp³-hybridized carbons (Fsp3) is 0.350. The molecule has 1 N–H and O–H groups in total. The summed E-state index contributed by atoms with van der Waals surface area (Å²) in [7, 11) is 0. The molecule has 1 aromatic carbocycles. The number of carbonyl (C=O) groups excluding carboxylic acids is 1. The molecule has 2 unspecified atom stereocenters. The van der Waals surface area contributed by atoms with Gasteiger partial charge in [-0.1, -0.05) is 30.0 Å². The lowest BCUT2D eigenvalue weighted by atomic mass is 9.94. The lowest BCUT2D eigenvalue weighted by molar-refractivity contribution is -0.141. The molecule has 0 saturated carbocycles. The average Bonchev–Trinajstić information content (AvgIpc) is 3.01. The van der Waals surface area contributed by atoms with Crippen molar-refractivity contribution in [3.8, 4) is 0 Å². The summed E-state index contributed by atoms with van der Waals surface area (Å²) in [6.07, 6.45) is -9.11. The highest BCUT2D eigenvalue weighted by Gasteiger charge is 2.61. The Morgan fingerprint density at radius 3 is 2.27 bits per heavy atom. The van der Waals surface area contributed by atoms with Crippen molar-refractivity contribution in [2.75, 3.05) is 0 Å². The predicted molar refractivity (Wildman–Crippen MR) is 105 cm³/mol. The van der Waals surface area contributed by atoms with Gasteiger partial charge in [0.2, 0.25) is 5.91 Å². The smallest absolute Gasteiger partial charge is 0.304 e. The first-order valence-corrected chi connectivity index (χ1v) is 10.0. The van der Waals surface area contributed by atoms with Crippen molar-refractivity contribution in [1.29, 1.82) is 0 Å². The van der Waals surface area contributed by atoms with Gasteiger partial charge in [-0.15, -0.1) is 0 Å². The van der Waals surface area contributed by atoms with E-state index in [1.165, 1.54) is 25.1 Å². The van der Waals surface area contributed by atoms with E-state index in [1.807, 2.05) is 0 Å². The van der Waals surface area contributed by atoms with Crippen LogP contribution < -0.4 is 5.32 Å². The Labute approximate surface area is 186 Å². The quantitative estimate of drug-likeness (QED) is 0.532. The zero-order valence-electron chi connectivity index (χ0n) is 16.9. The second kappa shape index (κ2) is 8.26. The molecule has 13 heteroatoms. The van der Waals surface area contributed by atoms with E-state index in [2.05, 4.69) is 15.3 Å². The monoisotopic (exact) mass is 497 g/mol. The number of nitrogens with zero attached hydrogens (tertiary/aromatic N) is 2. The standard InChI is InChI=1S/C20H15F8N3OS/c1-10(12-5-3-4-6-13(12)19(23,24)25)30-16-31-15(32)17(2,33-16)18(21,22)11-7-8-29-14(9-11)20(26,27)28/h3-10H,1-2H3,(H,30,31,32). The van der Waals surface area contributed by atoms with Gasteiger partial charge in [-0.25, -0.2) is 0 Å². The summed E-state index contributed by atoms with van der Waals surface area (Å²) in [5, 5.41) is 1.72. The molecular weight excluding hydrogens is 482 g/mol. The zero-order chi connectivity index (χ0) is 24.8. The number of aromatic nitrogens is 1. The number of hydrogen-bond acceptors (Lipinski definition) is 4. The van der Waals surface area contributed by atoms with Crippen molar-refractivity contribution >= 4 is 22.8 Å². The number of pyridine rings is 1. The van der Waals surface area contributed by atoms with Gasteiger partial charge in [0.05, 0.1) is 11.6 Å². The molecule has 1 aliphatic rings. The molecule has 0 aliphatic carbocycles. The maximum atomic E-state index is 15.2. The predicted octanol–water partition coefficient (Wildman–Crippen LogP) is 5.95. The van der Waals surface area contributed by atoms with Crippen molar-refractivity contribution in [1.82, 2.24) is 10.3 Å². The van der Waals surface area contributed by atoms with Gasteiger partial charge in [-0.3, -0.25) is 14.8 Å². The SMILES string of the molecule is CC(N=C1NC(=O)C(C)(C(F)(F)c2ccnc(C(F)(F)F)c2)S1)c1ccccc1C(F)(F)F. The van der Waals surface area contributed by atoms with Gasteiger partial charge < -0.3 is 5.32 Å². The molecule has 1 aromatic heterocycles. The molecule has 1 aliphatic heterocycles. The highest BCUT2D eigenvalue weighted by atomic mass is 32.2. The molecular formula is C20H15F8N3OS. The van der Waals surface area contributed by atoms with E-state index < -0.39 is 51.8 Å². The summed E-state index contributed by atoms with van der Waals surface area (Å²) >= 11 is 0.229. The van der Waals surface area contributed by atoms with Crippen molar-refractivity contribution in [3.63, 3.8) is 0 Å². The first kappa shape index (κ1) is 24.9. The molecule has 2 aromatic rings. The maximum Gasteiger partial charge on any atom is 0.433 e. The minimum atomic E-state index is -4.98. The summed E-state index contributed by atoms with van der Waals surface area (Å²) in [4.78, 5) is 19.4. The molecule has 0 bridgehead atoms. The second-order valence-electron chi connectivity index (χ2n) is 7.29. The molecule has 4 nitrogen and oxygen atoms in total. The zero-order valence-corrected chi connectivity index (χ0v) is 17.7. The molecule has 1 fully saturated rings. The molecule has 1 saturated heterocycles. The molecule has 2 heterocycles. The van der Waals surface area contributed by atoms with Gasteiger partial charge in [0, 0.05) is 11.8 Å². The number of aliphatic imine (C=N–C) groups is 1. The van der Waals surface area contributed by atoms with Crippen LogP contribution in [0.3, 0.4) is 0 Å². The number of benzene rings is 1. The van der Waals surface area contributed by atoms with E-state index in [4.69, 9.17) is 0 Å². The molecule has 0 spiro atoms. The number of amidine groups is 1. The third-order valence-corrected chi connectivity index (χ3v) is 6.24. The maximum absolute atomic E-state index is 15.2. The number of amides is 1. The number of carbonyl (C=O) groups is 1. The van der Waals surface area contributed by atoms with Crippen molar-refractivity contribution in [2.45, 2.75) is 42.9 Å². The van der Waals surface area contributed by atoms with E-state index >= 15 is 8.78 Å². The fourth-order valence-electron chi connectivity index (χ4n) is 3.17. The van der Waals surface area contributed by atoms with Crippen molar-refractivity contribution in [2.24, 2.45) is 4.99 Å². The van der Waals surface area contributed by atoms with Crippen LogP contribution in [0.2, 0.25) is 0 Å². The Bertz CT molecular complexity index is 1100. The Hall–Kier alpha value is -2.70. The van der Waals surface area contributed by atoms with Gasteiger partial charge in [-0.05, 0) is 37.6 Å². The Balaban J connectivity index is 1.94. The molecule has 0 radical (unpaired) electrons. The van der Waals surface area contributed by atoms with Gasteiger partial charge >= 0.3 is 12.4 Å². The van der Waals surface area contributed by atoms with E-state index in [0.717, 1.165) is 13.0 Å². The van der Waals surface area contributed by atoms with Crippen LogP contribution in [0.15, 0.2) is 47.6 Å². The van der Waals surface area contributed by atoms with Crippen LogP contribution >= 0.6 is 11.8 Å². The number of hydrogen-bond donors (Lipinski definition) is 1. The summed E-state index contributed by atoms with van der Waals surface area (Å²) < 4.78 is 106. The van der Waals surface area contributed by atoms with Crippen LogP contribution in [0.1, 0.15) is 42.3 Å². The summed E-state index contributed by atoms with van der Waals surface area (Å²) in [5.74, 6) is -5.35. The molecule has 1 amide bonds. The summed E-state index contributed by atoms with van der Waals surface area (Å²) in [5.41, 5.74) is -3.86. The highest BCUT2D eigenvalue weighted by Crippen LogP contribution is 2.51. The molecule has 33 heavy (non-hydrogen) atoms. The van der Waals surface area contributed by atoms with Crippen LogP contribution in [0.5, 0.6) is 0 Å². The second-order valence-corrected chi connectivity index (χ2v) is 8.69. The number of nitrogens with one attached hydrogen (secondary N) is 1. The molecule has 3 rings (SSSR count). The van der Waals surface area contributed by atoms with Crippen LogP contribution in [0.25, 0.3) is 0 Å². The fourth-order valence-corrected chi connectivity index (χ4v) is 4.30. The first-order valence-electron chi connectivity index (χ1n) is 9.23. The normalized spacial score (nSPS) is 21.9. The van der Waals surface area contributed by atoms with Crippen molar-refractivity contribution < 1.29 is 39.9 Å². The van der Waals surface area contributed by atoms with Crippen LogP contribution in [-0.2, 0) is 23.1 Å². The number of thioether (sulfide) groups is 1. The van der Waals surface area contributed by atoms with E-state index in [-0.39, 0.29) is 28.6 Å². The Morgan fingerprint density at radius 2 is 1.67 bits per heavy atom. The van der Waals surface area contributed by atoms with Gasteiger partial charge in [0.1, 0.15) is 5.69 Å². The van der Waals surface area contributed by atoms with E-state index in [1.54, 1.807) is 0 Å². The first-order chi connectivity index (χ1) is 15.1. The van der Waals surface area contributed by atoms with Crippen LogP contribution in [-0.4, -0.2) is 20.8 Å². The highest BCUT2D eigenvalue weighted by molar-refractivity contribution is 8.16. The van der Waals surface area contributed by atoms with Gasteiger partial charge in [0.15, 0.2) is 9.91 Å². The molecule has 178 valence electrons.